The van der Waals surface area contributed by atoms with Gasteiger partial charge in [0.15, 0.2) is 5.82 Å². The van der Waals surface area contributed by atoms with Crippen LogP contribution in [0.3, 0.4) is 0 Å². The maximum Gasteiger partial charge on any atom is 0.252 e. The number of nitrogens with one attached hydrogen (secondary N) is 1. The summed E-state index contributed by atoms with van der Waals surface area (Å²) in [5.41, 5.74) is 0.683. The van der Waals surface area contributed by atoms with Gasteiger partial charge in [-0.05, 0) is 25.5 Å². The van der Waals surface area contributed by atoms with E-state index in [1.807, 2.05) is 38.1 Å². The zero-order valence-corrected chi connectivity index (χ0v) is 13.2. The first-order valence-electron chi connectivity index (χ1n) is 6.92. The van der Waals surface area contributed by atoms with Crippen LogP contribution >= 0.6 is 11.8 Å². The summed E-state index contributed by atoms with van der Waals surface area (Å²) >= 11 is 1.53. The highest BCUT2D eigenvalue weighted by atomic mass is 32.2. The van der Waals surface area contributed by atoms with E-state index < -0.39 is 0 Å². The molecule has 0 bridgehead atoms. The molecule has 1 atom stereocenters. The Morgan fingerprint density at radius 3 is 2.86 bits per heavy atom. The number of benzene rings is 1. The van der Waals surface area contributed by atoms with Crippen LogP contribution in [-0.4, -0.2) is 22.1 Å². The number of aromatic nitrogens is 2. The molecule has 1 N–H and O–H groups in total. The van der Waals surface area contributed by atoms with E-state index in [1.54, 1.807) is 6.92 Å². The van der Waals surface area contributed by atoms with Crippen molar-refractivity contribution in [1.29, 1.82) is 0 Å². The minimum atomic E-state index is -0.0447. The summed E-state index contributed by atoms with van der Waals surface area (Å²) in [6.07, 6.45) is 0.906. The number of hydrogen-bond donors (Lipinski definition) is 1. The van der Waals surface area contributed by atoms with Gasteiger partial charge in [-0.2, -0.15) is 4.98 Å². The number of hydrogen-bond acceptors (Lipinski definition) is 5. The Kier molecular flexibility index (Phi) is 5.38. The molecule has 5 nitrogen and oxygen atoms in total. The minimum Gasteiger partial charge on any atom is -0.350 e. The van der Waals surface area contributed by atoms with Crippen LogP contribution in [0.5, 0.6) is 0 Å². The van der Waals surface area contributed by atoms with Crippen LogP contribution in [0.1, 0.15) is 42.3 Å². The van der Waals surface area contributed by atoms with Crippen LogP contribution in [-0.2, 0) is 5.75 Å². The molecule has 0 aliphatic carbocycles. The molecule has 2 aromatic rings. The van der Waals surface area contributed by atoms with Crippen LogP contribution < -0.4 is 5.32 Å². The van der Waals surface area contributed by atoms with Crippen LogP contribution in [0.15, 0.2) is 33.7 Å². The number of thioether (sulfide) groups is 1. The zero-order chi connectivity index (χ0) is 15.2. The summed E-state index contributed by atoms with van der Waals surface area (Å²) < 4.78 is 4.94. The SMILES string of the molecule is CCC(C)NC(=O)c1ccccc1SCc1noc(C)n1. The van der Waals surface area contributed by atoms with E-state index in [1.165, 1.54) is 11.8 Å². The molecule has 1 amide bonds. The second-order valence-electron chi connectivity index (χ2n) is 4.80. The van der Waals surface area contributed by atoms with Crippen LogP contribution in [0.4, 0.5) is 0 Å². The van der Waals surface area contributed by atoms with E-state index >= 15 is 0 Å². The fourth-order valence-corrected chi connectivity index (χ4v) is 2.62. The van der Waals surface area contributed by atoms with Crippen molar-refractivity contribution in [3.8, 4) is 0 Å². The average molecular weight is 305 g/mol. The standard InChI is InChI=1S/C15H19N3O2S/c1-4-10(2)16-15(19)12-7-5-6-8-13(12)21-9-14-17-11(3)20-18-14/h5-8,10H,4,9H2,1-3H3,(H,16,19). The molecule has 0 aliphatic rings. The van der Waals surface area contributed by atoms with Gasteiger partial charge in [0, 0.05) is 17.9 Å². The lowest BCUT2D eigenvalue weighted by molar-refractivity contribution is 0.0936. The first-order chi connectivity index (χ1) is 10.1. The Morgan fingerprint density at radius 1 is 1.43 bits per heavy atom. The normalized spacial score (nSPS) is 12.1. The third-order valence-electron chi connectivity index (χ3n) is 3.05. The third-order valence-corrected chi connectivity index (χ3v) is 4.12. The first-order valence-corrected chi connectivity index (χ1v) is 7.90. The number of rotatable bonds is 6. The largest absolute Gasteiger partial charge is 0.350 e. The third kappa shape index (κ3) is 4.32. The molecule has 112 valence electrons. The highest BCUT2D eigenvalue weighted by molar-refractivity contribution is 7.98. The summed E-state index contributed by atoms with van der Waals surface area (Å²) in [7, 11) is 0. The Morgan fingerprint density at radius 2 is 2.19 bits per heavy atom. The molecule has 1 aromatic carbocycles. The van der Waals surface area contributed by atoms with Gasteiger partial charge in [-0.25, -0.2) is 0 Å². The van der Waals surface area contributed by atoms with E-state index in [2.05, 4.69) is 15.5 Å². The van der Waals surface area contributed by atoms with Crippen molar-refractivity contribution in [2.24, 2.45) is 0 Å². The Bertz CT molecular complexity index is 612. The van der Waals surface area contributed by atoms with Gasteiger partial charge in [-0.3, -0.25) is 4.79 Å². The summed E-state index contributed by atoms with van der Waals surface area (Å²) in [6, 6.07) is 7.72. The molecule has 21 heavy (non-hydrogen) atoms. The summed E-state index contributed by atoms with van der Waals surface area (Å²) in [4.78, 5) is 17.4. The number of amides is 1. The second-order valence-corrected chi connectivity index (χ2v) is 5.81. The molecule has 0 fully saturated rings. The smallest absolute Gasteiger partial charge is 0.252 e. The molecule has 0 aliphatic heterocycles. The molecular formula is C15H19N3O2S. The highest BCUT2D eigenvalue weighted by Gasteiger charge is 2.14. The average Bonchev–Trinajstić information content (AvgIpc) is 2.90. The van der Waals surface area contributed by atoms with Crippen LogP contribution in [0, 0.1) is 6.92 Å². The van der Waals surface area contributed by atoms with Crippen LogP contribution in [0.25, 0.3) is 0 Å². The van der Waals surface area contributed by atoms with Crippen molar-refractivity contribution >= 4 is 17.7 Å². The quantitative estimate of drug-likeness (QED) is 0.830. The van der Waals surface area contributed by atoms with Crippen molar-refractivity contribution in [2.45, 2.75) is 43.9 Å². The maximum atomic E-state index is 12.3. The number of carbonyl (C=O) groups is 1. The lowest BCUT2D eigenvalue weighted by Crippen LogP contribution is -2.32. The fraction of sp³-hybridized carbons (Fsp3) is 0.400. The highest BCUT2D eigenvalue weighted by Crippen LogP contribution is 2.25. The molecule has 0 saturated heterocycles. The maximum absolute atomic E-state index is 12.3. The summed E-state index contributed by atoms with van der Waals surface area (Å²) in [5, 5.41) is 6.85. The van der Waals surface area contributed by atoms with E-state index in [4.69, 9.17) is 4.52 Å². The second kappa shape index (κ2) is 7.26. The van der Waals surface area contributed by atoms with Gasteiger partial charge < -0.3 is 9.84 Å². The summed E-state index contributed by atoms with van der Waals surface area (Å²) in [5.74, 6) is 1.71. The van der Waals surface area contributed by atoms with Crippen molar-refractivity contribution < 1.29 is 9.32 Å². The molecule has 1 heterocycles. The van der Waals surface area contributed by atoms with E-state index in [0.717, 1.165) is 11.3 Å². The predicted octanol–water partition coefficient (Wildman–Crippen LogP) is 3.20. The molecule has 0 radical (unpaired) electrons. The number of aryl methyl sites for hydroxylation is 1. The Hall–Kier alpha value is -1.82. The fourth-order valence-electron chi connectivity index (χ4n) is 1.73. The van der Waals surface area contributed by atoms with Gasteiger partial charge in [0.2, 0.25) is 5.89 Å². The first kappa shape index (κ1) is 15.6. The molecular weight excluding hydrogens is 286 g/mol. The van der Waals surface area contributed by atoms with E-state index in [0.29, 0.717) is 23.0 Å². The Labute approximate surface area is 128 Å². The number of nitrogens with zero attached hydrogens (tertiary/aromatic N) is 2. The van der Waals surface area contributed by atoms with Gasteiger partial charge >= 0.3 is 0 Å². The van der Waals surface area contributed by atoms with Crippen molar-refractivity contribution in [3.63, 3.8) is 0 Å². The molecule has 1 unspecified atom stereocenters. The van der Waals surface area contributed by atoms with E-state index in [9.17, 15) is 4.79 Å². The molecule has 2 rings (SSSR count). The van der Waals surface area contributed by atoms with Crippen molar-refractivity contribution in [2.75, 3.05) is 0 Å². The topological polar surface area (TPSA) is 68.0 Å². The molecule has 1 aromatic heterocycles. The molecule has 0 saturated carbocycles. The molecule has 6 heteroatoms. The van der Waals surface area contributed by atoms with Crippen molar-refractivity contribution in [3.05, 3.63) is 41.5 Å². The zero-order valence-electron chi connectivity index (χ0n) is 12.4. The predicted molar refractivity (Wildman–Crippen MR) is 82.3 cm³/mol. The van der Waals surface area contributed by atoms with Gasteiger partial charge in [0.1, 0.15) is 0 Å². The van der Waals surface area contributed by atoms with Crippen LogP contribution in [0.2, 0.25) is 0 Å². The van der Waals surface area contributed by atoms with Crippen molar-refractivity contribution in [1.82, 2.24) is 15.5 Å². The summed E-state index contributed by atoms with van der Waals surface area (Å²) in [6.45, 7) is 5.80. The van der Waals surface area contributed by atoms with Gasteiger partial charge in [0.05, 0.1) is 11.3 Å². The van der Waals surface area contributed by atoms with Gasteiger partial charge in [-0.15, -0.1) is 11.8 Å². The number of carbonyl (C=O) groups excluding carboxylic acids is 1. The van der Waals surface area contributed by atoms with Gasteiger partial charge in [0.25, 0.3) is 5.91 Å². The van der Waals surface area contributed by atoms with E-state index in [-0.39, 0.29) is 11.9 Å². The minimum absolute atomic E-state index is 0.0447. The van der Waals surface area contributed by atoms with Gasteiger partial charge in [-0.1, -0.05) is 24.2 Å². The monoisotopic (exact) mass is 305 g/mol. The Balaban J connectivity index is 2.07. The molecule has 0 spiro atoms. The lowest BCUT2D eigenvalue weighted by atomic mass is 10.2. The lowest BCUT2D eigenvalue weighted by Gasteiger charge is -2.13.